The molecule has 6 nitrogen and oxygen atoms in total. The summed E-state index contributed by atoms with van der Waals surface area (Å²) in [6, 6.07) is 5.68. The molecule has 4 aromatic rings. The highest BCUT2D eigenvalue weighted by Gasteiger charge is 2.21. The van der Waals surface area contributed by atoms with Gasteiger partial charge >= 0.3 is 0 Å². The molecule has 0 aliphatic carbocycles. The molecule has 0 bridgehead atoms. The molecular weight excluding hydrogens is 444 g/mol. The number of hydrogen-bond donors (Lipinski definition) is 0. The summed E-state index contributed by atoms with van der Waals surface area (Å²) in [5.41, 5.74) is 4.50. The average molecular weight is 459 g/mol. The maximum atomic E-state index is 13.1. The zero-order valence-corrected chi connectivity index (χ0v) is 17.7. The molecule has 1 aliphatic rings. The van der Waals surface area contributed by atoms with E-state index in [1.807, 2.05) is 38.1 Å². The third kappa shape index (κ3) is 2.37. The fourth-order valence-electron chi connectivity index (χ4n) is 3.41. The number of methoxy groups -OCH3 is 1. The van der Waals surface area contributed by atoms with E-state index >= 15 is 0 Å². The minimum Gasteiger partial charge on any atom is -0.492 e. The average Bonchev–Trinajstić information content (AvgIpc) is 3.36. The SMILES string of the molecule is COc1c(/C=c2/sc3nc4c(Br)c(C)c(C)cc4n3c2=O)ccc2c1OCO2. The van der Waals surface area contributed by atoms with Crippen molar-refractivity contribution in [3.8, 4) is 17.2 Å². The van der Waals surface area contributed by atoms with E-state index in [9.17, 15) is 4.79 Å². The quantitative estimate of drug-likeness (QED) is 0.459. The minimum absolute atomic E-state index is 0.0997. The predicted molar refractivity (Wildman–Crippen MR) is 112 cm³/mol. The zero-order valence-electron chi connectivity index (χ0n) is 15.3. The number of benzene rings is 2. The molecule has 0 fully saturated rings. The van der Waals surface area contributed by atoms with E-state index in [0.29, 0.717) is 26.7 Å². The molecule has 0 N–H and O–H groups in total. The van der Waals surface area contributed by atoms with Crippen molar-refractivity contribution in [3.63, 3.8) is 0 Å². The van der Waals surface area contributed by atoms with Gasteiger partial charge in [0.2, 0.25) is 12.5 Å². The molecule has 0 saturated carbocycles. The van der Waals surface area contributed by atoms with E-state index in [-0.39, 0.29) is 12.4 Å². The van der Waals surface area contributed by atoms with Crippen LogP contribution < -0.4 is 24.3 Å². The lowest BCUT2D eigenvalue weighted by Crippen LogP contribution is -2.22. The Morgan fingerprint density at radius 3 is 2.93 bits per heavy atom. The van der Waals surface area contributed by atoms with Crippen LogP contribution in [-0.4, -0.2) is 23.3 Å². The number of aryl methyl sites for hydroxylation is 1. The van der Waals surface area contributed by atoms with Crippen molar-refractivity contribution in [3.05, 3.63) is 54.2 Å². The van der Waals surface area contributed by atoms with Gasteiger partial charge in [-0.05, 0) is 65.2 Å². The van der Waals surface area contributed by atoms with Crippen LogP contribution in [0.1, 0.15) is 16.7 Å². The number of halogens is 1. The number of nitrogens with zero attached hydrogens (tertiary/aromatic N) is 2. The van der Waals surface area contributed by atoms with Crippen LogP contribution in [-0.2, 0) is 0 Å². The predicted octanol–water partition coefficient (Wildman–Crippen LogP) is 3.57. The van der Waals surface area contributed by atoms with Crippen LogP contribution in [0.2, 0.25) is 0 Å². The van der Waals surface area contributed by atoms with Gasteiger partial charge in [0.1, 0.15) is 5.52 Å². The highest BCUT2D eigenvalue weighted by molar-refractivity contribution is 9.10. The zero-order chi connectivity index (χ0) is 19.6. The van der Waals surface area contributed by atoms with Crippen molar-refractivity contribution in [2.45, 2.75) is 13.8 Å². The first-order chi connectivity index (χ1) is 13.5. The number of thiazole rings is 1. The molecule has 2 aromatic carbocycles. The Morgan fingerprint density at radius 1 is 1.32 bits per heavy atom. The van der Waals surface area contributed by atoms with Crippen LogP contribution in [0, 0.1) is 13.8 Å². The fourth-order valence-corrected chi connectivity index (χ4v) is 4.98. The van der Waals surface area contributed by atoms with E-state index in [2.05, 4.69) is 20.9 Å². The topological polar surface area (TPSA) is 62.1 Å². The second kappa shape index (κ2) is 6.22. The van der Waals surface area contributed by atoms with Gasteiger partial charge in [-0.3, -0.25) is 4.79 Å². The molecule has 0 atom stereocenters. The van der Waals surface area contributed by atoms with E-state index in [0.717, 1.165) is 32.2 Å². The molecule has 0 saturated heterocycles. The molecule has 0 unspecified atom stereocenters. The van der Waals surface area contributed by atoms with E-state index in [4.69, 9.17) is 14.2 Å². The molecule has 0 radical (unpaired) electrons. The fraction of sp³-hybridized carbons (Fsp3) is 0.200. The molecule has 1 aliphatic heterocycles. The van der Waals surface area contributed by atoms with Crippen molar-refractivity contribution in [1.29, 1.82) is 0 Å². The number of ether oxygens (including phenoxy) is 3. The summed E-state index contributed by atoms with van der Waals surface area (Å²) in [5, 5.41) is 0. The summed E-state index contributed by atoms with van der Waals surface area (Å²) >= 11 is 4.97. The Labute approximate surface area is 172 Å². The number of rotatable bonds is 2. The Kier molecular flexibility index (Phi) is 3.89. The van der Waals surface area contributed by atoms with Crippen molar-refractivity contribution < 1.29 is 14.2 Å². The van der Waals surface area contributed by atoms with Crippen molar-refractivity contribution in [2.24, 2.45) is 0 Å². The highest BCUT2D eigenvalue weighted by atomic mass is 79.9. The summed E-state index contributed by atoms with van der Waals surface area (Å²) in [4.78, 5) is 18.5. The van der Waals surface area contributed by atoms with Gasteiger partial charge < -0.3 is 14.2 Å². The maximum Gasteiger partial charge on any atom is 0.274 e. The molecule has 8 heteroatoms. The number of aromatic nitrogens is 2. The summed E-state index contributed by atoms with van der Waals surface area (Å²) in [6.07, 6.45) is 1.81. The molecule has 142 valence electrons. The van der Waals surface area contributed by atoms with Gasteiger partial charge in [-0.15, -0.1) is 0 Å². The van der Waals surface area contributed by atoms with Crippen molar-refractivity contribution in [1.82, 2.24) is 9.38 Å². The Morgan fingerprint density at radius 2 is 2.14 bits per heavy atom. The van der Waals surface area contributed by atoms with Gasteiger partial charge in [0, 0.05) is 10.0 Å². The van der Waals surface area contributed by atoms with Crippen LogP contribution in [0.25, 0.3) is 22.1 Å². The normalized spacial score (nSPS) is 13.8. The first kappa shape index (κ1) is 17.5. The van der Waals surface area contributed by atoms with Gasteiger partial charge in [-0.2, -0.15) is 0 Å². The van der Waals surface area contributed by atoms with Gasteiger partial charge in [0.05, 0.1) is 17.2 Å². The third-order valence-corrected chi connectivity index (χ3v) is 6.93. The Hall–Kier alpha value is -2.58. The van der Waals surface area contributed by atoms with Crippen molar-refractivity contribution >= 4 is 49.3 Å². The standard InChI is InChI=1S/C20H15BrN2O4S/c1-9-6-12-16(15(21)10(9)2)22-20-23(12)19(24)14(28-20)7-11-4-5-13-18(17(11)25-3)27-8-26-13/h4-7H,8H2,1-3H3/b14-7+. The van der Waals surface area contributed by atoms with Crippen LogP contribution in [0.15, 0.2) is 27.5 Å². The molecule has 2 aromatic heterocycles. The summed E-state index contributed by atoms with van der Waals surface area (Å²) < 4.78 is 19.6. The summed E-state index contributed by atoms with van der Waals surface area (Å²) in [7, 11) is 1.57. The van der Waals surface area contributed by atoms with Crippen LogP contribution in [0.4, 0.5) is 0 Å². The number of fused-ring (bicyclic) bond motifs is 4. The summed E-state index contributed by atoms with van der Waals surface area (Å²) in [6.45, 7) is 4.23. The third-order valence-electron chi connectivity index (χ3n) is 4.99. The Balaban J connectivity index is 1.78. The van der Waals surface area contributed by atoms with Crippen LogP contribution >= 0.6 is 27.3 Å². The van der Waals surface area contributed by atoms with Crippen LogP contribution in [0.5, 0.6) is 17.2 Å². The lowest BCUT2D eigenvalue weighted by Gasteiger charge is -2.07. The molecule has 0 spiro atoms. The molecule has 3 heterocycles. The second-order valence-corrected chi connectivity index (χ2v) is 8.37. The Bertz CT molecular complexity index is 1390. The lowest BCUT2D eigenvalue weighted by atomic mass is 10.1. The van der Waals surface area contributed by atoms with E-state index < -0.39 is 0 Å². The van der Waals surface area contributed by atoms with Crippen LogP contribution in [0.3, 0.4) is 0 Å². The second-order valence-electron chi connectivity index (χ2n) is 6.57. The first-order valence-electron chi connectivity index (χ1n) is 8.58. The van der Waals surface area contributed by atoms with Gasteiger partial charge in [-0.1, -0.05) is 11.3 Å². The van der Waals surface area contributed by atoms with E-state index in [1.54, 1.807) is 11.5 Å². The molecular formula is C20H15BrN2O4S. The molecule has 5 rings (SSSR count). The maximum absolute atomic E-state index is 13.1. The van der Waals surface area contributed by atoms with Gasteiger partial charge in [-0.25, -0.2) is 9.38 Å². The smallest absolute Gasteiger partial charge is 0.274 e. The molecule has 0 amide bonds. The number of imidazole rings is 1. The minimum atomic E-state index is -0.0997. The van der Waals surface area contributed by atoms with E-state index in [1.165, 1.54) is 11.3 Å². The van der Waals surface area contributed by atoms with Gasteiger partial charge in [0.15, 0.2) is 16.5 Å². The lowest BCUT2D eigenvalue weighted by molar-refractivity contribution is 0.171. The monoisotopic (exact) mass is 458 g/mol. The van der Waals surface area contributed by atoms with Gasteiger partial charge in [0.25, 0.3) is 5.56 Å². The van der Waals surface area contributed by atoms with Crippen molar-refractivity contribution in [2.75, 3.05) is 13.9 Å². The molecule has 28 heavy (non-hydrogen) atoms. The summed E-state index contributed by atoms with van der Waals surface area (Å²) in [5.74, 6) is 1.75. The highest BCUT2D eigenvalue weighted by Crippen LogP contribution is 2.43. The largest absolute Gasteiger partial charge is 0.492 e. The first-order valence-corrected chi connectivity index (χ1v) is 10.2. The number of hydrogen-bond acceptors (Lipinski definition) is 6.